The minimum Gasteiger partial charge on any atom is -0.395 e. The van der Waals surface area contributed by atoms with E-state index in [-0.39, 0.29) is 0 Å². The third-order valence-electron chi connectivity index (χ3n) is 3.36. The van der Waals surface area contributed by atoms with Gasteiger partial charge in [-0.2, -0.15) is 0 Å². The Hall–Kier alpha value is -1.93. The predicted molar refractivity (Wildman–Crippen MR) is 73.2 cm³/mol. The minimum atomic E-state index is -3.10. The van der Waals surface area contributed by atoms with Crippen LogP contribution < -0.4 is 0 Å². The fourth-order valence-corrected chi connectivity index (χ4v) is 1.94. The molecule has 0 amide bonds. The van der Waals surface area contributed by atoms with Gasteiger partial charge in [-0.05, 0) is 18.2 Å². The fourth-order valence-electron chi connectivity index (χ4n) is 1.94. The molecule has 0 aromatic rings. The largest absolute Gasteiger partial charge is 0.395 e. The Morgan fingerprint density at radius 1 is 0.952 bits per heavy atom. The van der Waals surface area contributed by atoms with E-state index >= 15 is 0 Å². The number of carbonyl (C=O) groups is 3. The summed E-state index contributed by atoms with van der Waals surface area (Å²) in [6.45, 7) is 6.85. The third-order valence-corrected chi connectivity index (χ3v) is 3.36. The fraction of sp³-hybridized carbons (Fsp3) is 0.357. The van der Waals surface area contributed by atoms with Crippen LogP contribution in [0.25, 0.3) is 0 Å². The lowest BCUT2D eigenvalue weighted by Crippen LogP contribution is -2.68. The molecule has 0 heterocycles. The van der Waals surface area contributed by atoms with Gasteiger partial charge in [0.25, 0.3) is 0 Å². The quantitative estimate of drug-likeness (QED) is 0.279. The molecule has 0 radical (unpaired) electrons. The van der Waals surface area contributed by atoms with Gasteiger partial charge < -0.3 is 20.4 Å². The number of ketones is 3. The molecule has 116 valence electrons. The number of rotatable bonds is 10. The van der Waals surface area contributed by atoms with Crippen LogP contribution in [0.2, 0.25) is 0 Å². The molecule has 0 saturated carbocycles. The van der Waals surface area contributed by atoms with Crippen molar-refractivity contribution in [1.29, 1.82) is 0 Å². The van der Waals surface area contributed by atoms with Gasteiger partial charge >= 0.3 is 0 Å². The molecule has 4 N–H and O–H groups in total. The SMILES string of the molecule is C=CC(=O)C(O)C(CO)(CO)C(O)(C(=O)C=C)C(=O)C=C. The smallest absolute Gasteiger partial charge is 0.202 e. The summed E-state index contributed by atoms with van der Waals surface area (Å²) < 4.78 is 0. The lowest BCUT2D eigenvalue weighted by atomic mass is 9.63. The van der Waals surface area contributed by atoms with E-state index in [2.05, 4.69) is 19.7 Å². The molecule has 0 aromatic carbocycles. The summed E-state index contributed by atoms with van der Waals surface area (Å²) in [5.41, 5.74) is -5.67. The molecule has 0 aliphatic carbocycles. The van der Waals surface area contributed by atoms with Crippen LogP contribution in [-0.4, -0.2) is 62.7 Å². The highest BCUT2D eigenvalue weighted by Gasteiger charge is 2.63. The summed E-state index contributed by atoms with van der Waals surface area (Å²) in [5, 5.41) is 39.4. The summed E-state index contributed by atoms with van der Waals surface area (Å²) in [7, 11) is 0. The molecule has 7 nitrogen and oxygen atoms in total. The first-order chi connectivity index (χ1) is 9.73. The molecular formula is C14H18O7. The Balaban J connectivity index is 6.45. The van der Waals surface area contributed by atoms with Crippen molar-refractivity contribution in [3.63, 3.8) is 0 Å². The van der Waals surface area contributed by atoms with E-state index in [0.29, 0.717) is 18.2 Å². The molecule has 7 heteroatoms. The second-order valence-corrected chi connectivity index (χ2v) is 4.33. The van der Waals surface area contributed by atoms with Crippen LogP contribution in [0.15, 0.2) is 38.0 Å². The first-order valence-electron chi connectivity index (χ1n) is 5.85. The van der Waals surface area contributed by atoms with Gasteiger partial charge in [0.1, 0.15) is 6.10 Å². The van der Waals surface area contributed by atoms with Crippen LogP contribution in [0.5, 0.6) is 0 Å². The maximum atomic E-state index is 11.9. The van der Waals surface area contributed by atoms with Crippen LogP contribution in [0, 0.1) is 5.41 Å². The number of carbonyl (C=O) groups excluding carboxylic acids is 3. The first kappa shape index (κ1) is 19.1. The van der Waals surface area contributed by atoms with Crippen molar-refractivity contribution < 1.29 is 34.8 Å². The van der Waals surface area contributed by atoms with Gasteiger partial charge in [0, 0.05) is 0 Å². The van der Waals surface area contributed by atoms with E-state index in [1.165, 1.54) is 0 Å². The van der Waals surface area contributed by atoms with Gasteiger partial charge in [-0.25, -0.2) is 0 Å². The van der Waals surface area contributed by atoms with E-state index in [0.717, 1.165) is 0 Å². The lowest BCUT2D eigenvalue weighted by Gasteiger charge is -2.43. The van der Waals surface area contributed by atoms with Crippen molar-refractivity contribution in [3.05, 3.63) is 38.0 Å². The van der Waals surface area contributed by atoms with Crippen molar-refractivity contribution in [2.24, 2.45) is 5.41 Å². The predicted octanol–water partition coefficient (Wildman–Crippen LogP) is -1.69. The highest BCUT2D eigenvalue weighted by atomic mass is 16.3. The summed E-state index contributed by atoms with van der Waals surface area (Å²) in [6.07, 6.45) is -0.427. The van der Waals surface area contributed by atoms with Crippen molar-refractivity contribution in [1.82, 2.24) is 0 Å². The summed E-state index contributed by atoms with van der Waals surface area (Å²) >= 11 is 0. The van der Waals surface area contributed by atoms with Crippen LogP contribution >= 0.6 is 0 Å². The maximum Gasteiger partial charge on any atom is 0.202 e. The Kier molecular flexibility index (Phi) is 6.52. The van der Waals surface area contributed by atoms with E-state index < -0.39 is 47.7 Å². The average Bonchev–Trinajstić information content (AvgIpc) is 2.53. The molecule has 0 rings (SSSR count). The Morgan fingerprint density at radius 3 is 1.57 bits per heavy atom. The van der Waals surface area contributed by atoms with Crippen molar-refractivity contribution in [3.8, 4) is 0 Å². The molecule has 0 aromatic heterocycles. The van der Waals surface area contributed by atoms with Gasteiger partial charge in [-0.1, -0.05) is 19.7 Å². The molecule has 0 fully saturated rings. The second kappa shape index (κ2) is 7.19. The Morgan fingerprint density at radius 2 is 1.33 bits per heavy atom. The van der Waals surface area contributed by atoms with Crippen LogP contribution in [0.1, 0.15) is 0 Å². The van der Waals surface area contributed by atoms with Crippen molar-refractivity contribution in [2.75, 3.05) is 13.2 Å². The second-order valence-electron chi connectivity index (χ2n) is 4.33. The zero-order chi connectivity index (χ0) is 16.8. The van der Waals surface area contributed by atoms with Crippen LogP contribution in [-0.2, 0) is 14.4 Å². The molecule has 0 spiro atoms. The van der Waals surface area contributed by atoms with E-state index in [1.807, 2.05) is 0 Å². The molecule has 1 unspecified atom stereocenters. The normalized spacial score (nSPS) is 13.1. The van der Waals surface area contributed by atoms with Crippen LogP contribution in [0.3, 0.4) is 0 Å². The van der Waals surface area contributed by atoms with Gasteiger partial charge in [0.2, 0.25) is 5.60 Å². The van der Waals surface area contributed by atoms with E-state index in [4.69, 9.17) is 0 Å². The van der Waals surface area contributed by atoms with E-state index in [1.54, 1.807) is 0 Å². The standard InChI is InChI=1S/C14H18O7/c1-4-9(17)12(20)13(7-15,8-16)14(21,10(18)5-2)11(19)6-3/h4-6,12,15-16,20-21H,1-3,7-8H2. The number of hydrogen-bond acceptors (Lipinski definition) is 7. The Bertz CT molecular complexity index is 454. The number of aliphatic hydroxyl groups excluding tert-OH is 3. The van der Waals surface area contributed by atoms with Gasteiger partial charge in [0.15, 0.2) is 17.3 Å². The number of hydrogen-bond donors (Lipinski definition) is 4. The molecule has 0 bridgehead atoms. The highest BCUT2D eigenvalue weighted by molar-refractivity contribution is 6.19. The molecular weight excluding hydrogens is 280 g/mol. The molecule has 0 aliphatic rings. The zero-order valence-corrected chi connectivity index (χ0v) is 11.4. The first-order valence-corrected chi connectivity index (χ1v) is 5.85. The van der Waals surface area contributed by atoms with E-state index in [9.17, 15) is 34.8 Å². The number of aliphatic hydroxyl groups is 4. The van der Waals surface area contributed by atoms with Crippen molar-refractivity contribution >= 4 is 17.3 Å². The molecule has 0 saturated heterocycles. The zero-order valence-electron chi connectivity index (χ0n) is 11.4. The highest BCUT2D eigenvalue weighted by Crippen LogP contribution is 2.38. The summed E-state index contributed by atoms with van der Waals surface area (Å²) in [4.78, 5) is 35.4. The monoisotopic (exact) mass is 298 g/mol. The van der Waals surface area contributed by atoms with Crippen molar-refractivity contribution in [2.45, 2.75) is 11.7 Å². The maximum absolute atomic E-state index is 11.9. The summed E-state index contributed by atoms with van der Waals surface area (Å²) in [6, 6.07) is 0. The molecule has 1 atom stereocenters. The minimum absolute atomic E-state index is 0.576. The topological polar surface area (TPSA) is 132 Å². The molecule has 21 heavy (non-hydrogen) atoms. The average molecular weight is 298 g/mol. The summed E-state index contributed by atoms with van der Waals surface area (Å²) in [5.74, 6) is -3.69. The van der Waals surface area contributed by atoms with Gasteiger partial charge in [-0.15, -0.1) is 0 Å². The van der Waals surface area contributed by atoms with Gasteiger partial charge in [-0.3, -0.25) is 14.4 Å². The van der Waals surface area contributed by atoms with Gasteiger partial charge in [0.05, 0.1) is 18.6 Å². The lowest BCUT2D eigenvalue weighted by molar-refractivity contribution is -0.190. The van der Waals surface area contributed by atoms with Crippen LogP contribution in [0.4, 0.5) is 0 Å². The Labute approximate surface area is 121 Å². The third kappa shape index (κ3) is 2.77. The molecule has 0 aliphatic heterocycles.